The average Bonchev–Trinajstić information content (AvgIpc) is 3.23. The summed E-state index contributed by atoms with van der Waals surface area (Å²) < 4.78 is 5.77. The molecule has 0 aromatic heterocycles. The largest absolute Gasteiger partial charge is 0.443 e. The van der Waals surface area contributed by atoms with Crippen molar-refractivity contribution in [2.45, 2.75) is 44.8 Å². The van der Waals surface area contributed by atoms with E-state index in [9.17, 15) is 4.79 Å². The van der Waals surface area contributed by atoms with E-state index in [1.54, 1.807) is 0 Å². The maximum Gasteiger partial charge on any atom is 0.415 e. The number of rotatable bonds is 0. The summed E-state index contributed by atoms with van der Waals surface area (Å²) in [6.07, 6.45) is 5.60. The normalized spacial score (nSPS) is 29.2. The highest BCUT2D eigenvalue weighted by atomic mass is 16.6. The van der Waals surface area contributed by atoms with E-state index in [0.29, 0.717) is 17.8 Å². The van der Waals surface area contributed by atoms with Crippen LogP contribution in [0.1, 0.15) is 38.7 Å². The molecule has 2 bridgehead atoms. The number of hydrogen-bond donors (Lipinski definition) is 0. The van der Waals surface area contributed by atoms with Crippen LogP contribution in [0.2, 0.25) is 0 Å². The first-order chi connectivity index (χ1) is 11.9. The van der Waals surface area contributed by atoms with E-state index in [4.69, 9.17) is 4.74 Å². The van der Waals surface area contributed by atoms with Gasteiger partial charge in [-0.2, -0.15) is 0 Å². The zero-order chi connectivity index (χ0) is 17.3. The SMILES string of the molecule is CC(C)(C)OC(=O)N1c2ccc3ccccc3c2C2C3C=CC(C3)C21. The molecule has 1 heterocycles. The summed E-state index contributed by atoms with van der Waals surface area (Å²) in [5.74, 6) is 1.37. The van der Waals surface area contributed by atoms with Crippen LogP contribution in [0.4, 0.5) is 10.5 Å². The molecule has 1 amide bonds. The second-order valence-corrected chi connectivity index (χ2v) is 8.53. The molecule has 1 fully saturated rings. The van der Waals surface area contributed by atoms with Crippen molar-refractivity contribution in [1.82, 2.24) is 0 Å². The maximum atomic E-state index is 13.1. The molecule has 5 rings (SSSR count). The molecule has 2 aromatic carbocycles. The number of amides is 1. The molecular weight excluding hydrogens is 310 g/mol. The van der Waals surface area contributed by atoms with Gasteiger partial charge >= 0.3 is 6.09 Å². The standard InChI is InChI=1S/C22H23NO2/c1-22(2,3)25-21(24)23-17-11-10-13-6-4-5-7-16(13)19(17)18-14-8-9-15(12-14)20(18)23/h4-11,14-15,18,20H,12H2,1-3H3. The van der Waals surface area contributed by atoms with E-state index in [2.05, 4.69) is 48.6 Å². The van der Waals surface area contributed by atoms with Crippen molar-refractivity contribution in [3.8, 4) is 0 Å². The minimum atomic E-state index is -0.486. The summed E-state index contributed by atoms with van der Waals surface area (Å²) in [7, 11) is 0. The Labute approximate surface area is 148 Å². The van der Waals surface area contributed by atoms with E-state index < -0.39 is 5.60 Å². The lowest BCUT2D eigenvalue weighted by Gasteiger charge is -2.32. The fraction of sp³-hybridized carbons (Fsp3) is 0.409. The number of hydrogen-bond acceptors (Lipinski definition) is 2. The number of anilines is 1. The first-order valence-electron chi connectivity index (χ1n) is 9.16. The molecule has 4 unspecified atom stereocenters. The van der Waals surface area contributed by atoms with Crippen LogP contribution in [0, 0.1) is 11.8 Å². The average molecular weight is 333 g/mol. The number of carbonyl (C=O) groups excluding carboxylic acids is 1. The maximum absolute atomic E-state index is 13.1. The summed E-state index contributed by atoms with van der Waals surface area (Å²) >= 11 is 0. The highest BCUT2D eigenvalue weighted by Crippen LogP contribution is 2.59. The van der Waals surface area contributed by atoms with Crippen LogP contribution < -0.4 is 4.90 Å². The number of benzene rings is 2. The Balaban J connectivity index is 1.70. The van der Waals surface area contributed by atoms with Gasteiger partial charge in [-0.25, -0.2) is 4.79 Å². The predicted molar refractivity (Wildman–Crippen MR) is 99.9 cm³/mol. The van der Waals surface area contributed by atoms with Gasteiger partial charge in [0.25, 0.3) is 0 Å². The zero-order valence-electron chi connectivity index (χ0n) is 14.9. The highest BCUT2D eigenvalue weighted by molar-refractivity contribution is 6.00. The van der Waals surface area contributed by atoms with Crippen LogP contribution in [0.25, 0.3) is 10.8 Å². The monoisotopic (exact) mass is 333 g/mol. The number of fused-ring (bicyclic) bond motifs is 9. The number of carbonyl (C=O) groups is 1. The third-order valence-electron chi connectivity index (χ3n) is 5.85. The summed E-state index contributed by atoms with van der Waals surface area (Å²) in [5.41, 5.74) is 1.90. The topological polar surface area (TPSA) is 29.5 Å². The molecule has 4 atom stereocenters. The summed E-state index contributed by atoms with van der Waals surface area (Å²) in [5, 5.41) is 2.53. The van der Waals surface area contributed by atoms with E-state index >= 15 is 0 Å². The van der Waals surface area contributed by atoms with Crippen LogP contribution in [0.3, 0.4) is 0 Å². The first-order valence-corrected chi connectivity index (χ1v) is 9.16. The molecule has 25 heavy (non-hydrogen) atoms. The first kappa shape index (κ1) is 15.0. The van der Waals surface area contributed by atoms with Crippen molar-refractivity contribution < 1.29 is 9.53 Å². The van der Waals surface area contributed by atoms with Crippen LogP contribution in [0.15, 0.2) is 48.6 Å². The lowest BCUT2D eigenvalue weighted by molar-refractivity contribution is 0.0563. The third kappa shape index (κ3) is 2.08. The molecule has 1 aliphatic heterocycles. The fourth-order valence-electron chi connectivity index (χ4n) is 5.07. The van der Waals surface area contributed by atoms with E-state index in [1.165, 1.54) is 16.3 Å². The Morgan fingerprint density at radius 2 is 1.84 bits per heavy atom. The van der Waals surface area contributed by atoms with Gasteiger partial charge in [-0.3, -0.25) is 4.90 Å². The molecular formula is C22H23NO2. The Bertz CT molecular complexity index is 908. The van der Waals surface area contributed by atoms with Crippen molar-refractivity contribution in [3.63, 3.8) is 0 Å². The minimum Gasteiger partial charge on any atom is -0.443 e. The van der Waals surface area contributed by atoms with Gasteiger partial charge in [-0.05, 0) is 61.4 Å². The van der Waals surface area contributed by atoms with Crippen LogP contribution >= 0.6 is 0 Å². The second kappa shape index (κ2) is 4.87. The highest BCUT2D eigenvalue weighted by Gasteiger charge is 2.55. The van der Waals surface area contributed by atoms with Crippen LogP contribution in [0.5, 0.6) is 0 Å². The van der Waals surface area contributed by atoms with Crippen molar-refractivity contribution >= 4 is 22.6 Å². The molecule has 2 aromatic rings. The molecule has 2 aliphatic carbocycles. The van der Waals surface area contributed by atoms with Gasteiger partial charge in [0.1, 0.15) is 5.60 Å². The van der Waals surface area contributed by atoms with E-state index in [-0.39, 0.29) is 12.1 Å². The van der Waals surface area contributed by atoms with Gasteiger partial charge in [0.2, 0.25) is 0 Å². The van der Waals surface area contributed by atoms with Gasteiger partial charge in [0.05, 0.1) is 11.7 Å². The summed E-state index contributed by atoms with van der Waals surface area (Å²) in [4.78, 5) is 15.0. The number of ether oxygens (including phenoxy) is 1. The lowest BCUT2D eigenvalue weighted by atomic mass is 9.83. The minimum absolute atomic E-state index is 0.200. The zero-order valence-corrected chi connectivity index (χ0v) is 14.9. The Hall–Kier alpha value is -2.29. The van der Waals surface area contributed by atoms with Crippen molar-refractivity contribution in [3.05, 3.63) is 54.1 Å². The summed E-state index contributed by atoms with van der Waals surface area (Å²) in [6, 6.07) is 13.0. The van der Waals surface area contributed by atoms with Crippen molar-refractivity contribution in [1.29, 1.82) is 0 Å². The fourth-order valence-corrected chi connectivity index (χ4v) is 5.07. The van der Waals surface area contributed by atoms with Crippen LogP contribution in [-0.4, -0.2) is 17.7 Å². The van der Waals surface area contributed by atoms with Gasteiger partial charge in [0.15, 0.2) is 0 Å². The van der Waals surface area contributed by atoms with Gasteiger partial charge in [-0.1, -0.05) is 42.5 Å². The molecule has 0 saturated heterocycles. The molecule has 1 saturated carbocycles. The molecule has 3 aliphatic rings. The smallest absolute Gasteiger partial charge is 0.415 e. The molecule has 3 heteroatoms. The Morgan fingerprint density at radius 3 is 2.64 bits per heavy atom. The van der Waals surface area contributed by atoms with Crippen molar-refractivity contribution in [2.24, 2.45) is 11.8 Å². The molecule has 3 nitrogen and oxygen atoms in total. The molecule has 0 N–H and O–H groups in total. The third-order valence-corrected chi connectivity index (χ3v) is 5.85. The molecule has 0 spiro atoms. The van der Waals surface area contributed by atoms with Gasteiger partial charge < -0.3 is 4.74 Å². The van der Waals surface area contributed by atoms with Gasteiger partial charge in [0, 0.05) is 5.92 Å². The predicted octanol–water partition coefficient (Wildman–Crippen LogP) is 5.25. The van der Waals surface area contributed by atoms with E-state index in [0.717, 1.165) is 12.1 Å². The van der Waals surface area contributed by atoms with Gasteiger partial charge in [-0.15, -0.1) is 0 Å². The number of nitrogens with zero attached hydrogens (tertiary/aromatic N) is 1. The molecule has 0 radical (unpaired) electrons. The lowest BCUT2D eigenvalue weighted by Crippen LogP contribution is -2.44. The Kier molecular flexibility index (Phi) is 2.92. The van der Waals surface area contributed by atoms with E-state index in [1.807, 2.05) is 25.7 Å². The second-order valence-electron chi connectivity index (χ2n) is 8.53. The number of allylic oxidation sites excluding steroid dienone is 1. The van der Waals surface area contributed by atoms with Crippen LogP contribution in [-0.2, 0) is 4.74 Å². The van der Waals surface area contributed by atoms with Crippen molar-refractivity contribution in [2.75, 3.05) is 4.90 Å². The Morgan fingerprint density at radius 1 is 1.08 bits per heavy atom. The quantitative estimate of drug-likeness (QED) is 0.616. The summed E-state index contributed by atoms with van der Waals surface area (Å²) in [6.45, 7) is 5.79. The molecule has 128 valence electrons.